The zero-order valence-corrected chi connectivity index (χ0v) is 30.1. The average Bonchev–Trinajstić information content (AvgIpc) is 3.06. The summed E-state index contributed by atoms with van der Waals surface area (Å²) in [6.07, 6.45) is -1.30. The van der Waals surface area contributed by atoms with E-state index in [0.29, 0.717) is 24.1 Å². The van der Waals surface area contributed by atoms with Gasteiger partial charge in [-0.05, 0) is 83.1 Å². The lowest BCUT2D eigenvalue weighted by atomic mass is 10.0. The average molecular weight is 729 g/mol. The molecular weight excluding hydrogens is 676 g/mol. The summed E-state index contributed by atoms with van der Waals surface area (Å²) in [4.78, 5) is 74.4. The summed E-state index contributed by atoms with van der Waals surface area (Å²) in [5.41, 5.74) is 6.15. The van der Waals surface area contributed by atoms with E-state index in [9.17, 15) is 33.9 Å². The van der Waals surface area contributed by atoms with Gasteiger partial charge in [0.2, 0.25) is 17.7 Å². The van der Waals surface area contributed by atoms with Crippen molar-refractivity contribution in [3.8, 4) is 0 Å². The number of carbonyl (C=O) groups excluding carboxylic acids is 5. The number of nitrogens with one attached hydrogen (secondary N) is 5. The standard InChI is InChI=1S/C36H52N6O10/c1-23(39-29(43)14-10-15-30(44)45)31(46)42-28(21-24-11-6-5-7-12-24)33(48)41-27(13-8-9-20-38-35(50)52-36(2,3)4)32(47)40-26-18-16-25(17-19-26)22-51-34(37)49/h5-7,11-12,16-19,23,27-29,39,43H,8-10,13-15,20-22H2,1-4H3,(H2,37,49)(H,38,50)(H,40,47)(H,41,48)(H,42,46)(H,44,45)/t23-,27+,28+,29?/m1/s1. The highest BCUT2D eigenvalue weighted by Crippen LogP contribution is 2.14. The molecule has 0 spiro atoms. The van der Waals surface area contributed by atoms with Crippen molar-refractivity contribution in [2.75, 3.05) is 11.9 Å². The van der Waals surface area contributed by atoms with Crippen molar-refractivity contribution in [2.24, 2.45) is 5.73 Å². The van der Waals surface area contributed by atoms with Crippen LogP contribution >= 0.6 is 0 Å². The van der Waals surface area contributed by atoms with Gasteiger partial charge in [-0.3, -0.25) is 24.5 Å². The molecule has 0 radical (unpaired) electrons. The van der Waals surface area contributed by atoms with Crippen molar-refractivity contribution in [3.63, 3.8) is 0 Å². The minimum atomic E-state index is -1.15. The predicted molar refractivity (Wildman–Crippen MR) is 192 cm³/mol. The summed E-state index contributed by atoms with van der Waals surface area (Å²) in [6, 6.07) is 12.3. The molecule has 286 valence electrons. The van der Waals surface area contributed by atoms with Crippen LogP contribution in [0.5, 0.6) is 0 Å². The fraction of sp³-hybridized carbons (Fsp3) is 0.500. The molecule has 0 bridgehead atoms. The van der Waals surface area contributed by atoms with Crippen molar-refractivity contribution in [2.45, 2.75) is 109 Å². The number of unbranched alkanes of at least 4 members (excludes halogenated alkanes) is 1. The number of ether oxygens (including phenoxy) is 2. The number of aliphatic carboxylic acids is 1. The van der Waals surface area contributed by atoms with Gasteiger partial charge in [0.25, 0.3) is 0 Å². The van der Waals surface area contributed by atoms with Crippen LogP contribution in [0.2, 0.25) is 0 Å². The number of hydrogen-bond acceptors (Lipinski definition) is 10. The predicted octanol–water partition coefficient (Wildman–Crippen LogP) is 2.68. The number of carboxylic acids is 1. The summed E-state index contributed by atoms with van der Waals surface area (Å²) >= 11 is 0. The molecule has 16 heteroatoms. The molecule has 16 nitrogen and oxygen atoms in total. The van der Waals surface area contributed by atoms with Crippen LogP contribution in [-0.4, -0.2) is 82.6 Å². The second kappa shape index (κ2) is 21.9. The van der Waals surface area contributed by atoms with Gasteiger partial charge in [-0.2, -0.15) is 0 Å². The zero-order chi connectivity index (χ0) is 38.7. The molecule has 0 aliphatic heterocycles. The van der Waals surface area contributed by atoms with Gasteiger partial charge in [0, 0.05) is 25.1 Å². The third-order valence-corrected chi connectivity index (χ3v) is 7.44. The number of aliphatic hydroxyl groups is 1. The molecule has 4 atom stereocenters. The number of anilines is 1. The third-order valence-electron chi connectivity index (χ3n) is 7.44. The normalized spacial score (nSPS) is 13.4. The first-order chi connectivity index (χ1) is 24.5. The topological polar surface area (TPSA) is 248 Å². The molecule has 1 unspecified atom stereocenters. The lowest BCUT2D eigenvalue weighted by Crippen LogP contribution is -2.56. The number of carboxylic acid groups (broad SMARTS) is 1. The second-order valence-electron chi connectivity index (χ2n) is 13.2. The van der Waals surface area contributed by atoms with Gasteiger partial charge in [0.05, 0.1) is 6.04 Å². The molecule has 0 saturated heterocycles. The van der Waals surface area contributed by atoms with Crippen LogP contribution in [0, 0.1) is 0 Å². The smallest absolute Gasteiger partial charge is 0.407 e. The molecule has 2 aromatic rings. The lowest BCUT2D eigenvalue weighted by molar-refractivity contribution is -0.137. The Morgan fingerprint density at radius 2 is 1.46 bits per heavy atom. The van der Waals surface area contributed by atoms with E-state index in [4.69, 9.17) is 20.3 Å². The fourth-order valence-corrected chi connectivity index (χ4v) is 4.84. The maximum atomic E-state index is 13.8. The van der Waals surface area contributed by atoms with Gasteiger partial charge in [-0.1, -0.05) is 42.5 Å². The summed E-state index contributed by atoms with van der Waals surface area (Å²) in [7, 11) is 0. The Morgan fingerprint density at radius 3 is 2.08 bits per heavy atom. The van der Waals surface area contributed by atoms with Gasteiger partial charge in [0.1, 0.15) is 30.5 Å². The third kappa shape index (κ3) is 18.1. The van der Waals surface area contributed by atoms with Crippen LogP contribution < -0.4 is 32.3 Å². The maximum absolute atomic E-state index is 13.8. The molecule has 2 rings (SSSR count). The molecule has 52 heavy (non-hydrogen) atoms. The summed E-state index contributed by atoms with van der Waals surface area (Å²) in [5, 5.41) is 32.8. The van der Waals surface area contributed by atoms with E-state index in [-0.39, 0.29) is 45.3 Å². The van der Waals surface area contributed by atoms with E-state index in [1.807, 2.05) is 6.07 Å². The number of alkyl carbamates (subject to hydrolysis) is 1. The van der Waals surface area contributed by atoms with Crippen molar-refractivity contribution in [1.29, 1.82) is 0 Å². The molecule has 2 aromatic carbocycles. The van der Waals surface area contributed by atoms with Crippen molar-refractivity contribution < 1.29 is 48.5 Å². The molecule has 0 heterocycles. The Hall–Kier alpha value is -5.22. The first kappa shape index (κ1) is 42.9. The molecule has 0 aliphatic rings. The highest BCUT2D eigenvalue weighted by Gasteiger charge is 2.29. The minimum Gasteiger partial charge on any atom is -0.481 e. The molecule has 9 N–H and O–H groups in total. The van der Waals surface area contributed by atoms with Crippen LogP contribution in [0.25, 0.3) is 0 Å². The zero-order valence-electron chi connectivity index (χ0n) is 30.1. The van der Waals surface area contributed by atoms with Gasteiger partial charge < -0.3 is 46.7 Å². The van der Waals surface area contributed by atoms with Gasteiger partial charge in [-0.15, -0.1) is 0 Å². The van der Waals surface area contributed by atoms with Gasteiger partial charge in [0.15, 0.2) is 0 Å². The Labute approximate surface area is 303 Å². The number of rotatable bonds is 21. The number of aliphatic hydroxyl groups excluding tert-OH is 1. The van der Waals surface area contributed by atoms with Gasteiger partial charge in [-0.25, -0.2) is 9.59 Å². The number of amides is 5. The van der Waals surface area contributed by atoms with Crippen LogP contribution in [0.3, 0.4) is 0 Å². The van der Waals surface area contributed by atoms with E-state index < -0.39 is 65.8 Å². The van der Waals surface area contributed by atoms with Crippen molar-refractivity contribution in [1.82, 2.24) is 21.3 Å². The van der Waals surface area contributed by atoms with Crippen LogP contribution in [0.4, 0.5) is 15.3 Å². The lowest BCUT2D eigenvalue weighted by Gasteiger charge is -2.25. The largest absolute Gasteiger partial charge is 0.481 e. The number of carbonyl (C=O) groups is 6. The molecule has 0 fully saturated rings. The summed E-state index contributed by atoms with van der Waals surface area (Å²) in [6.45, 7) is 6.97. The van der Waals surface area contributed by atoms with E-state index in [2.05, 4.69) is 26.6 Å². The van der Waals surface area contributed by atoms with Crippen LogP contribution in [-0.2, 0) is 41.7 Å². The monoisotopic (exact) mass is 728 g/mol. The van der Waals surface area contributed by atoms with Gasteiger partial charge >= 0.3 is 18.2 Å². The van der Waals surface area contributed by atoms with Crippen molar-refractivity contribution in [3.05, 3.63) is 65.7 Å². The second-order valence-corrected chi connectivity index (χ2v) is 13.2. The Balaban J connectivity index is 2.18. The Morgan fingerprint density at radius 1 is 0.808 bits per heavy atom. The Kier molecular flexibility index (Phi) is 18.1. The number of primary amides is 1. The van der Waals surface area contributed by atoms with E-state index in [1.165, 1.54) is 6.92 Å². The number of hydrogen-bond donors (Lipinski definition) is 8. The Bertz CT molecular complexity index is 1470. The summed E-state index contributed by atoms with van der Waals surface area (Å²) in [5.74, 6) is -2.75. The molecule has 0 aromatic heterocycles. The highest BCUT2D eigenvalue weighted by molar-refractivity contribution is 5.98. The summed E-state index contributed by atoms with van der Waals surface area (Å²) < 4.78 is 10.0. The SMILES string of the molecule is C[C@@H](NC(O)CCCC(=O)O)C(=O)N[C@@H](Cc1ccccc1)C(=O)N[C@@H](CCCCNC(=O)OC(C)(C)C)C(=O)Nc1ccc(COC(N)=O)cc1. The number of nitrogens with two attached hydrogens (primary N) is 1. The van der Waals surface area contributed by atoms with Crippen LogP contribution in [0.15, 0.2) is 54.6 Å². The quantitative estimate of drug-likeness (QED) is 0.0686. The van der Waals surface area contributed by atoms with E-state index in [0.717, 1.165) is 5.56 Å². The molecule has 0 saturated carbocycles. The first-order valence-corrected chi connectivity index (χ1v) is 17.1. The van der Waals surface area contributed by atoms with E-state index >= 15 is 0 Å². The molecule has 0 aliphatic carbocycles. The van der Waals surface area contributed by atoms with Crippen molar-refractivity contribution >= 4 is 41.6 Å². The maximum Gasteiger partial charge on any atom is 0.407 e. The fourth-order valence-electron chi connectivity index (χ4n) is 4.84. The molecular formula is C36H52N6O10. The first-order valence-electron chi connectivity index (χ1n) is 17.1. The highest BCUT2D eigenvalue weighted by atomic mass is 16.6. The van der Waals surface area contributed by atoms with Crippen LogP contribution in [0.1, 0.15) is 77.3 Å². The minimum absolute atomic E-state index is 0.0497. The number of benzene rings is 2. The van der Waals surface area contributed by atoms with E-state index in [1.54, 1.807) is 69.3 Å². The molecule has 5 amide bonds.